The van der Waals surface area contributed by atoms with Crippen LogP contribution in [0.4, 0.5) is 0 Å². The first-order valence-corrected chi connectivity index (χ1v) is 11.9. The number of rotatable bonds is 6. The molecule has 2 aromatic carbocycles. The molecule has 1 aliphatic rings. The number of carbonyl (C=O) groups excluding carboxylic acids is 1. The maximum atomic E-state index is 12.1. The number of aromatic amines is 1. The van der Waals surface area contributed by atoms with E-state index in [1.165, 1.54) is 34.4 Å². The summed E-state index contributed by atoms with van der Waals surface area (Å²) in [5.74, 6) is -0.323. The molecule has 1 fully saturated rings. The summed E-state index contributed by atoms with van der Waals surface area (Å²) in [6, 6.07) is 16.7. The van der Waals surface area contributed by atoms with Crippen LogP contribution >= 0.6 is 11.3 Å². The molecule has 0 unspecified atom stereocenters. The normalized spacial score (nSPS) is 16.7. The number of benzene rings is 2. The van der Waals surface area contributed by atoms with Gasteiger partial charge in [0.25, 0.3) is 5.91 Å². The zero-order valence-electron chi connectivity index (χ0n) is 18.1. The number of primary amides is 1. The summed E-state index contributed by atoms with van der Waals surface area (Å²) < 4.78 is 1.13. The van der Waals surface area contributed by atoms with Crippen LogP contribution in [0.5, 0.6) is 0 Å². The lowest BCUT2D eigenvalue weighted by Crippen LogP contribution is -2.33. The zero-order valence-corrected chi connectivity index (χ0v) is 19.0. The van der Waals surface area contributed by atoms with Crippen molar-refractivity contribution in [1.82, 2.24) is 9.88 Å². The molecular weight excluding hydrogens is 416 g/mol. The Labute approximate surface area is 191 Å². The molecule has 1 amide bonds. The smallest absolute Gasteiger partial charge is 0.259 e. The molecule has 0 aliphatic carbocycles. The lowest BCUT2D eigenvalue weighted by molar-refractivity contribution is 0.100. The highest BCUT2D eigenvalue weighted by Crippen LogP contribution is 2.34. The molecule has 5 nitrogen and oxygen atoms in total. The average Bonchev–Trinajstić information content (AvgIpc) is 3.48. The van der Waals surface area contributed by atoms with Crippen LogP contribution in [-0.4, -0.2) is 34.9 Å². The molecule has 0 radical (unpaired) electrons. The van der Waals surface area contributed by atoms with Crippen LogP contribution in [0, 0.1) is 18.3 Å². The summed E-state index contributed by atoms with van der Waals surface area (Å²) in [5, 5.41) is 11.5. The Morgan fingerprint density at radius 1 is 1.28 bits per heavy atom. The van der Waals surface area contributed by atoms with Gasteiger partial charge in [-0.25, -0.2) is 0 Å². The number of H-pyrrole nitrogens is 1. The Hall–Kier alpha value is -3.14. The van der Waals surface area contributed by atoms with Crippen LogP contribution in [0.25, 0.3) is 21.0 Å². The van der Waals surface area contributed by atoms with Crippen LogP contribution in [-0.2, 0) is 12.8 Å². The number of amides is 1. The van der Waals surface area contributed by atoms with Crippen molar-refractivity contribution in [3.05, 3.63) is 69.7 Å². The monoisotopic (exact) mass is 442 g/mol. The van der Waals surface area contributed by atoms with Gasteiger partial charge < -0.3 is 10.7 Å². The van der Waals surface area contributed by atoms with Gasteiger partial charge in [-0.1, -0.05) is 24.3 Å². The highest BCUT2D eigenvalue weighted by Gasteiger charge is 2.28. The molecule has 3 N–H and O–H groups in total. The fraction of sp³-hybridized carbons (Fsp3) is 0.308. The highest BCUT2D eigenvalue weighted by molar-refractivity contribution is 7.21. The molecule has 0 spiro atoms. The Morgan fingerprint density at radius 3 is 2.94 bits per heavy atom. The minimum atomic E-state index is -0.323. The number of aromatic nitrogens is 1. The van der Waals surface area contributed by atoms with Crippen LogP contribution in [0.1, 0.15) is 44.9 Å². The fourth-order valence-corrected chi connectivity index (χ4v) is 6.21. The van der Waals surface area contributed by atoms with E-state index in [0.29, 0.717) is 16.5 Å². The second-order valence-corrected chi connectivity index (χ2v) is 9.71. The summed E-state index contributed by atoms with van der Waals surface area (Å²) >= 11 is 1.51. The van der Waals surface area contributed by atoms with E-state index in [2.05, 4.69) is 35.0 Å². The molecule has 2 aromatic heterocycles. The molecular formula is C26H26N4OS. The minimum Gasteiger partial charge on any atom is -0.365 e. The van der Waals surface area contributed by atoms with Crippen LogP contribution in [0.2, 0.25) is 0 Å². The number of hydrogen-bond donors (Lipinski definition) is 2. The standard InChI is InChI=1S/C26H26N4OS/c1-16-19-9-8-17(15-27)13-23(19)29-22(16)10-12-30-11-4-5-18(30)14-21-20-6-2-3-7-24(20)32-25(21)26(28)31/h2-3,6-9,13,18,29H,4-5,10-12,14H2,1H3,(H2,28,31)/t18-/m0/s1. The highest BCUT2D eigenvalue weighted by atomic mass is 32.1. The van der Waals surface area contributed by atoms with Crippen LogP contribution in [0.15, 0.2) is 42.5 Å². The molecule has 1 atom stereocenters. The van der Waals surface area contributed by atoms with Gasteiger partial charge >= 0.3 is 0 Å². The third-order valence-corrected chi connectivity index (χ3v) is 8.03. The van der Waals surface area contributed by atoms with Gasteiger partial charge in [0, 0.05) is 40.3 Å². The number of fused-ring (bicyclic) bond motifs is 2. The zero-order chi connectivity index (χ0) is 22.2. The summed E-state index contributed by atoms with van der Waals surface area (Å²) in [7, 11) is 0. The number of carbonyl (C=O) groups is 1. The molecule has 1 aliphatic heterocycles. The van der Waals surface area contributed by atoms with Crippen LogP contribution < -0.4 is 5.73 Å². The number of aryl methyl sites for hydroxylation is 1. The number of nitriles is 1. The summed E-state index contributed by atoms with van der Waals surface area (Å²) in [4.78, 5) is 18.9. The van der Waals surface area contributed by atoms with Gasteiger partial charge in [-0.2, -0.15) is 5.26 Å². The molecule has 32 heavy (non-hydrogen) atoms. The van der Waals surface area contributed by atoms with Gasteiger partial charge in [-0.3, -0.25) is 9.69 Å². The van der Waals surface area contributed by atoms with E-state index in [1.54, 1.807) is 0 Å². The van der Waals surface area contributed by atoms with Crippen molar-refractivity contribution >= 4 is 38.2 Å². The first kappa shape index (κ1) is 20.7. The fourth-order valence-electron chi connectivity index (χ4n) is 5.13. The third kappa shape index (κ3) is 3.68. The largest absolute Gasteiger partial charge is 0.365 e. The Morgan fingerprint density at radius 2 is 2.12 bits per heavy atom. The SMILES string of the molecule is Cc1c(CCN2CCC[C@H]2Cc2c(C(N)=O)sc3ccccc23)[nH]c2cc(C#N)ccc12. The van der Waals surface area contributed by atoms with Gasteiger partial charge in [-0.15, -0.1) is 11.3 Å². The number of hydrogen-bond acceptors (Lipinski definition) is 4. The molecule has 6 heteroatoms. The Bertz CT molecular complexity index is 1360. The average molecular weight is 443 g/mol. The van der Waals surface area contributed by atoms with E-state index in [9.17, 15) is 10.1 Å². The maximum absolute atomic E-state index is 12.1. The van der Waals surface area contributed by atoms with Crippen molar-refractivity contribution in [3.63, 3.8) is 0 Å². The van der Waals surface area contributed by atoms with Crippen molar-refractivity contribution in [2.75, 3.05) is 13.1 Å². The van der Waals surface area contributed by atoms with Crippen LogP contribution in [0.3, 0.4) is 0 Å². The quantitative estimate of drug-likeness (QED) is 0.445. The second-order valence-electron chi connectivity index (χ2n) is 8.66. The van der Waals surface area contributed by atoms with Crippen molar-refractivity contribution < 1.29 is 4.79 Å². The van der Waals surface area contributed by atoms with Crippen molar-refractivity contribution in [1.29, 1.82) is 5.26 Å². The van der Waals surface area contributed by atoms with Gasteiger partial charge in [0.2, 0.25) is 0 Å². The Balaban J connectivity index is 1.35. The van der Waals surface area contributed by atoms with Gasteiger partial charge in [0.05, 0.1) is 16.5 Å². The predicted molar refractivity (Wildman–Crippen MR) is 130 cm³/mol. The number of nitrogens with one attached hydrogen (secondary N) is 1. The molecule has 4 aromatic rings. The van der Waals surface area contributed by atoms with Crippen molar-refractivity contribution in [2.45, 2.75) is 38.6 Å². The summed E-state index contributed by atoms with van der Waals surface area (Å²) in [6.45, 7) is 4.20. The molecule has 0 saturated carbocycles. The van der Waals surface area contributed by atoms with E-state index in [1.807, 2.05) is 30.3 Å². The number of thiophene rings is 1. The van der Waals surface area contributed by atoms with Gasteiger partial charge in [0.15, 0.2) is 0 Å². The number of nitrogens with zero attached hydrogens (tertiary/aromatic N) is 2. The first-order chi connectivity index (χ1) is 15.5. The van der Waals surface area contributed by atoms with E-state index in [4.69, 9.17) is 5.73 Å². The molecule has 162 valence electrons. The maximum Gasteiger partial charge on any atom is 0.259 e. The molecule has 5 rings (SSSR count). The van der Waals surface area contributed by atoms with Crippen molar-refractivity contribution in [2.24, 2.45) is 5.73 Å². The Kier molecular flexibility index (Phi) is 5.46. The minimum absolute atomic E-state index is 0.323. The lowest BCUT2D eigenvalue weighted by atomic mass is 10.00. The predicted octanol–water partition coefficient (Wildman–Crippen LogP) is 4.91. The molecule has 1 saturated heterocycles. The topological polar surface area (TPSA) is 85.9 Å². The molecule has 0 bridgehead atoms. The third-order valence-electron chi connectivity index (χ3n) is 6.80. The van der Waals surface area contributed by atoms with Gasteiger partial charge in [0.1, 0.15) is 0 Å². The summed E-state index contributed by atoms with van der Waals surface area (Å²) in [6.07, 6.45) is 4.11. The first-order valence-electron chi connectivity index (χ1n) is 11.1. The molecule has 3 heterocycles. The number of likely N-dealkylation sites (tertiary alicyclic amines) is 1. The van der Waals surface area contributed by atoms with E-state index in [-0.39, 0.29) is 5.91 Å². The van der Waals surface area contributed by atoms with E-state index >= 15 is 0 Å². The van der Waals surface area contributed by atoms with Crippen molar-refractivity contribution in [3.8, 4) is 6.07 Å². The van der Waals surface area contributed by atoms with E-state index in [0.717, 1.165) is 53.5 Å². The summed E-state index contributed by atoms with van der Waals surface area (Å²) in [5.41, 5.74) is 11.1. The second kappa shape index (κ2) is 8.42. The lowest BCUT2D eigenvalue weighted by Gasteiger charge is -2.24. The van der Waals surface area contributed by atoms with E-state index < -0.39 is 0 Å². The van der Waals surface area contributed by atoms with Gasteiger partial charge in [-0.05, 0) is 67.4 Å². The number of nitrogens with two attached hydrogens (primary N) is 1.